The third kappa shape index (κ3) is 4.08. The van der Waals surface area contributed by atoms with Crippen LogP contribution in [0.5, 0.6) is 0 Å². The summed E-state index contributed by atoms with van der Waals surface area (Å²) in [6.07, 6.45) is 2.33. The van der Waals surface area contributed by atoms with E-state index in [1.54, 1.807) is 53.1 Å². The summed E-state index contributed by atoms with van der Waals surface area (Å²) in [6.45, 7) is 0.588. The van der Waals surface area contributed by atoms with E-state index in [1.807, 2.05) is 18.4 Å². The molecule has 0 radical (unpaired) electrons. The number of carbonyl (C=O) groups is 1. The second-order valence-corrected chi connectivity index (χ2v) is 9.78. The molecule has 0 N–H and O–H groups in total. The van der Waals surface area contributed by atoms with Gasteiger partial charge in [-0.2, -0.15) is 0 Å². The van der Waals surface area contributed by atoms with Gasteiger partial charge in [-0.1, -0.05) is 29.8 Å². The fraction of sp³-hybridized carbons (Fsp3) is 0.316. The molecule has 2 aromatic rings. The van der Waals surface area contributed by atoms with Crippen LogP contribution in [0, 0.1) is 0 Å². The molecule has 0 bridgehead atoms. The molecule has 26 heavy (non-hydrogen) atoms. The Hall–Kier alpha value is -1.50. The van der Waals surface area contributed by atoms with E-state index in [9.17, 15) is 13.2 Å². The van der Waals surface area contributed by atoms with Crippen LogP contribution in [-0.2, 0) is 9.84 Å². The van der Waals surface area contributed by atoms with Gasteiger partial charge in [-0.15, -0.1) is 11.8 Å². The van der Waals surface area contributed by atoms with E-state index >= 15 is 0 Å². The Labute approximate surface area is 163 Å². The van der Waals surface area contributed by atoms with E-state index in [0.29, 0.717) is 29.1 Å². The molecule has 0 aliphatic carbocycles. The lowest BCUT2D eigenvalue weighted by Crippen LogP contribution is -2.33. The molecule has 138 valence electrons. The van der Waals surface area contributed by atoms with Crippen molar-refractivity contribution in [3.63, 3.8) is 0 Å². The first-order valence-corrected chi connectivity index (χ1v) is 11.6. The molecule has 3 rings (SSSR count). The van der Waals surface area contributed by atoms with Crippen LogP contribution in [0.3, 0.4) is 0 Å². The van der Waals surface area contributed by atoms with Gasteiger partial charge in [-0.3, -0.25) is 4.79 Å². The van der Waals surface area contributed by atoms with Crippen molar-refractivity contribution in [1.29, 1.82) is 0 Å². The van der Waals surface area contributed by atoms with Gasteiger partial charge in [0.15, 0.2) is 9.84 Å². The number of thioether (sulfide) groups is 1. The van der Waals surface area contributed by atoms with Crippen LogP contribution in [0.15, 0.2) is 53.4 Å². The predicted octanol–water partition coefficient (Wildman–Crippen LogP) is 4.06. The third-order valence-electron chi connectivity index (χ3n) is 4.62. The predicted molar refractivity (Wildman–Crippen MR) is 107 cm³/mol. The lowest BCUT2D eigenvalue weighted by atomic mass is 10.1. The van der Waals surface area contributed by atoms with Crippen molar-refractivity contribution in [2.45, 2.75) is 16.6 Å². The molecular weight excluding hydrogens is 390 g/mol. The Kier molecular flexibility index (Phi) is 5.95. The molecule has 1 aliphatic rings. The smallest absolute Gasteiger partial charge is 0.253 e. The first kappa shape index (κ1) is 19.3. The second kappa shape index (κ2) is 8.03. The van der Waals surface area contributed by atoms with Crippen LogP contribution in [0.2, 0.25) is 5.02 Å². The van der Waals surface area contributed by atoms with Gasteiger partial charge < -0.3 is 4.90 Å². The number of benzene rings is 2. The fourth-order valence-corrected chi connectivity index (χ4v) is 5.71. The van der Waals surface area contributed by atoms with Gasteiger partial charge in [0.05, 0.1) is 11.0 Å². The molecule has 1 fully saturated rings. The highest BCUT2D eigenvalue weighted by Crippen LogP contribution is 2.34. The number of carbonyl (C=O) groups excluding carboxylic acids is 1. The summed E-state index contributed by atoms with van der Waals surface area (Å²) in [4.78, 5) is 15.5. The van der Waals surface area contributed by atoms with E-state index in [1.165, 1.54) is 0 Å². The molecule has 0 aromatic heterocycles. The van der Waals surface area contributed by atoms with Crippen molar-refractivity contribution in [3.8, 4) is 0 Å². The monoisotopic (exact) mass is 409 g/mol. The number of sulfone groups is 1. The maximum absolute atomic E-state index is 12.8. The lowest BCUT2D eigenvalue weighted by molar-refractivity contribution is 0.0766. The average molecular weight is 410 g/mol. The summed E-state index contributed by atoms with van der Waals surface area (Å²) < 4.78 is 25.5. The molecule has 0 saturated carbocycles. The summed E-state index contributed by atoms with van der Waals surface area (Å²) in [5, 5.41) is -0.221. The van der Waals surface area contributed by atoms with Crippen molar-refractivity contribution in [2.24, 2.45) is 0 Å². The number of hydrogen-bond donors (Lipinski definition) is 0. The third-order valence-corrected chi connectivity index (χ3v) is 7.81. The zero-order valence-corrected chi connectivity index (χ0v) is 16.8. The first-order valence-electron chi connectivity index (χ1n) is 8.31. The van der Waals surface area contributed by atoms with Gasteiger partial charge in [-0.05, 0) is 48.6 Å². The van der Waals surface area contributed by atoms with E-state index in [2.05, 4.69) is 0 Å². The molecule has 1 heterocycles. The highest BCUT2D eigenvalue weighted by molar-refractivity contribution is 7.98. The van der Waals surface area contributed by atoms with Crippen molar-refractivity contribution in [1.82, 2.24) is 4.90 Å². The van der Waals surface area contributed by atoms with Crippen molar-refractivity contribution in [2.75, 3.05) is 25.1 Å². The van der Waals surface area contributed by atoms with Gasteiger partial charge in [-0.25, -0.2) is 8.42 Å². The van der Waals surface area contributed by atoms with Gasteiger partial charge in [0.25, 0.3) is 5.91 Å². The van der Waals surface area contributed by atoms with E-state index in [-0.39, 0.29) is 18.2 Å². The van der Waals surface area contributed by atoms with E-state index < -0.39 is 15.1 Å². The fourth-order valence-electron chi connectivity index (χ4n) is 3.15. The van der Waals surface area contributed by atoms with Crippen LogP contribution >= 0.6 is 23.4 Å². The first-order chi connectivity index (χ1) is 12.4. The summed E-state index contributed by atoms with van der Waals surface area (Å²) >= 11 is 7.82. The molecule has 7 heteroatoms. The minimum atomic E-state index is -3.38. The highest BCUT2D eigenvalue weighted by atomic mass is 35.5. The Morgan fingerprint density at radius 2 is 1.81 bits per heavy atom. The summed E-state index contributed by atoms with van der Waals surface area (Å²) in [6, 6.07) is 14.4. The maximum atomic E-state index is 12.8. The standard InChI is InChI=1S/C19H20ClNO3S2/c1-25-15-8-6-14(7-9-15)19(22)21-11-10-18(26(23,24)13-12-21)16-4-2-3-5-17(16)20/h2-9,18H,10-13H2,1H3. The molecular formula is C19H20ClNO3S2. The number of halogens is 1. The normalized spacial score (nSPS) is 19.8. The molecule has 0 spiro atoms. The quantitative estimate of drug-likeness (QED) is 0.717. The number of nitrogens with zero attached hydrogens (tertiary/aromatic N) is 1. The Morgan fingerprint density at radius 3 is 2.46 bits per heavy atom. The van der Waals surface area contributed by atoms with E-state index in [4.69, 9.17) is 11.6 Å². The van der Waals surface area contributed by atoms with Crippen LogP contribution < -0.4 is 0 Å². The number of rotatable bonds is 3. The largest absolute Gasteiger partial charge is 0.338 e. The minimum absolute atomic E-state index is 0.0580. The van der Waals surface area contributed by atoms with Gasteiger partial charge in [0, 0.05) is 28.6 Å². The van der Waals surface area contributed by atoms with Crippen molar-refractivity contribution < 1.29 is 13.2 Å². The number of hydrogen-bond acceptors (Lipinski definition) is 4. The SMILES string of the molecule is CSc1ccc(C(=O)N2CCC(c3ccccc3Cl)S(=O)(=O)CC2)cc1. The molecule has 1 unspecified atom stereocenters. The average Bonchev–Trinajstić information content (AvgIpc) is 2.80. The summed E-state index contributed by atoms with van der Waals surface area (Å²) in [7, 11) is -3.38. The van der Waals surface area contributed by atoms with Crippen LogP contribution in [0.1, 0.15) is 27.6 Å². The van der Waals surface area contributed by atoms with Gasteiger partial charge >= 0.3 is 0 Å². The van der Waals surface area contributed by atoms with Gasteiger partial charge in [0.2, 0.25) is 0 Å². The molecule has 1 atom stereocenters. The molecule has 1 saturated heterocycles. The van der Waals surface area contributed by atoms with Crippen LogP contribution in [0.25, 0.3) is 0 Å². The van der Waals surface area contributed by atoms with E-state index in [0.717, 1.165) is 4.90 Å². The minimum Gasteiger partial charge on any atom is -0.338 e. The zero-order chi connectivity index (χ0) is 18.7. The van der Waals surface area contributed by atoms with Crippen LogP contribution in [-0.4, -0.2) is 44.3 Å². The second-order valence-electron chi connectivity index (χ2n) is 6.19. The molecule has 1 aliphatic heterocycles. The number of amides is 1. The van der Waals surface area contributed by atoms with Gasteiger partial charge in [0.1, 0.15) is 0 Å². The maximum Gasteiger partial charge on any atom is 0.253 e. The lowest BCUT2D eigenvalue weighted by Gasteiger charge is -2.20. The zero-order valence-electron chi connectivity index (χ0n) is 14.4. The molecule has 4 nitrogen and oxygen atoms in total. The van der Waals surface area contributed by atoms with Crippen LogP contribution in [0.4, 0.5) is 0 Å². The highest BCUT2D eigenvalue weighted by Gasteiger charge is 2.33. The Bertz CT molecular complexity index is 897. The van der Waals surface area contributed by atoms with Crippen molar-refractivity contribution >= 4 is 39.1 Å². The van der Waals surface area contributed by atoms with Crippen molar-refractivity contribution in [3.05, 3.63) is 64.7 Å². The summed E-state index contributed by atoms with van der Waals surface area (Å²) in [5.74, 6) is -0.190. The Morgan fingerprint density at radius 1 is 1.12 bits per heavy atom. The molecule has 1 amide bonds. The summed E-state index contributed by atoms with van der Waals surface area (Å²) in [5.41, 5.74) is 1.20. The topological polar surface area (TPSA) is 54.5 Å². The Balaban J connectivity index is 1.82. The molecule has 2 aromatic carbocycles.